The van der Waals surface area contributed by atoms with E-state index in [0.717, 1.165) is 17.8 Å². The van der Waals surface area contributed by atoms with Crippen LogP contribution >= 0.6 is 0 Å². The van der Waals surface area contributed by atoms with E-state index in [2.05, 4.69) is 10.1 Å². The maximum atomic E-state index is 13.2. The van der Waals surface area contributed by atoms with Gasteiger partial charge in [0.15, 0.2) is 5.82 Å². The van der Waals surface area contributed by atoms with Gasteiger partial charge < -0.3 is 14.4 Å². The summed E-state index contributed by atoms with van der Waals surface area (Å²) in [7, 11) is 1.27. The third-order valence-corrected chi connectivity index (χ3v) is 4.91. The predicted molar refractivity (Wildman–Crippen MR) is 102 cm³/mol. The molecule has 0 unspecified atom stereocenters. The monoisotopic (exact) mass is 420 g/mol. The number of methoxy groups -OCH3 is 1. The number of aromatic nitrogens is 3. The first kappa shape index (κ1) is 20.1. The van der Waals surface area contributed by atoms with Crippen molar-refractivity contribution in [3.8, 4) is 0 Å². The average molecular weight is 420 g/mol. The molecule has 158 valence electrons. The minimum Gasteiger partial charge on any atom is -0.464 e. The molecule has 0 saturated carbocycles. The van der Waals surface area contributed by atoms with Gasteiger partial charge in [0.05, 0.1) is 31.4 Å². The van der Waals surface area contributed by atoms with Crippen molar-refractivity contribution in [1.29, 1.82) is 0 Å². The summed E-state index contributed by atoms with van der Waals surface area (Å²) >= 11 is 0. The van der Waals surface area contributed by atoms with Gasteiger partial charge in [-0.2, -0.15) is 13.2 Å². The Morgan fingerprint density at radius 3 is 2.67 bits per heavy atom. The summed E-state index contributed by atoms with van der Waals surface area (Å²) in [4.78, 5) is 18.1. The van der Waals surface area contributed by atoms with Gasteiger partial charge in [-0.15, -0.1) is 5.10 Å². The smallest absolute Gasteiger partial charge is 0.417 e. The number of alkyl halides is 3. The fourth-order valence-corrected chi connectivity index (χ4v) is 3.43. The number of rotatable bonds is 4. The first-order valence-electron chi connectivity index (χ1n) is 9.32. The molecule has 7 nitrogen and oxygen atoms in total. The molecule has 0 bridgehead atoms. The van der Waals surface area contributed by atoms with Crippen molar-refractivity contribution in [1.82, 2.24) is 14.6 Å². The van der Waals surface area contributed by atoms with Crippen LogP contribution in [0.5, 0.6) is 0 Å². The highest BCUT2D eigenvalue weighted by molar-refractivity contribution is 5.87. The molecule has 1 fully saturated rings. The van der Waals surface area contributed by atoms with E-state index < -0.39 is 17.7 Å². The van der Waals surface area contributed by atoms with Crippen LogP contribution in [0, 0.1) is 0 Å². The summed E-state index contributed by atoms with van der Waals surface area (Å²) in [6.45, 7) is 2.19. The molecule has 0 amide bonds. The van der Waals surface area contributed by atoms with Crippen LogP contribution in [0.2, 0.25) is 0 Å². The number of fused-ring (bicyclic) bond motifs is 1. The number of pyridine rings is 2. The first-order chi connectivity index (χ1) is 14.4. The number of carbonyl (C=O) groups excluding carboxylic acids is 1. The molecule has 0 aromatic carbocycles. The van der Waals surface area contributed by atoms with E-state index >= 15 is 0 Å². The first-order valence-corrected chi connectivity index (χ1v) is 9.32. The van der Waals surface area contributed by atoms with E-state index in [0.29, 0.717) is 49.8 Å². The standard InChI is InChI=1S/C20H19F3N4O3/c1-29-19(28)16-4-2-3-14(24-16)11-15-17-6-5-13(20(21,22)23)12-27(17)25-18(15)26-7-9-30-10-8-26/h2-6,12H,7-11H2,1H3. The van der Waals surface area contributed by atoms with Gasteiger partial charge in [-0.25, -0.2) is 14.3 Å². The Morgan fingerprint density at radius 1 is 1.20 bits per heavy atom. The van der Waals surface area contributed by atoms with Gasteiger partial charge in [-0.1, -0.05) is 6.07 Å². The Bertz CT molecular complexity index is 1070. The molecule has 0 aliphatic carbocycles. The molecule has 0 atom stereocenters. The van der Waals surface area contributed by atoms with Crippen LogP contribution in [0.4, 0.5) is 19.0 Å². The molecule has 10 heteroatoms. The molecular formula is C20H19F3N4O3. The summed E-state index contributed by atoms with van der Waals surface area (Å²) in [6.07, 6.45) is -3.18. The van der Waals surface area contributed by atoms with Crippen molar-refractivity contribution >= 4 is 17.3 Å². The van der Waals surface area contributed by atoms with Gasteiger partial charge in [0, 0.05) is 37.0 Å². The van der Waals surface area contributed by atoms with Crippen molar-refractivity contribution < 1.29 is 27.4 Å². The number of hydrogen-bond donors (Lipinski definition) is 0. The molecule has 0 spiro atoms. The fraction of sp³-hybridized carbons (Fsp3) is 0.350. The fourth-order valence-electron chi connectivity index (χ4n) is 3.43. The molecule has 1 aliphatic heterocycles. The Morgan fingerprint density at radius 2 is 1.97 bits per heavy atom. The van der Waals surface area contributed by atoms with Crippen molar-refractivity contribution in [2.24, 2.45) is 0 Å². The molecule has 30 heavy (non-hydrogen) atoms. The van der Waals surface area contributed by atoms with Crippen LogP contribution in [0.1, 0.15) is 27.3 Å². The number of hydrogen-bond acceptors (Lipinski definition) is 6. The largest absolute Gasteiger partial charge is 0.464 e. The topological polar surface area (TPSA) is 69.0 Å². The van der Waals surface area contributed by atoms with Gasteiger partial charge in [0.2, 0.25) is 0 Å². The van der Waals surface area contributed by atoms with Crippen LogP contribution < -0.4 is 4.90 Å². The lowest BCUT2D eigenvalue weighted by molar-refractivity contribution is -0.137. The maximum absolute atomic E-state index is 13.2. The van der Waals surface area contributed by atoms with Gasteiger partial charge in [-0.3, -0.25) is 0 Å². The van der Waals surface area contributed by atoms with E-state index in [1.165, 1.54) is 17.7 Å². The van der Waals surface area contributed by atoms with E-state index in [-0.39, 0.29) is 5.69 Å². The summed E-state index contributed by atoms with van der Waals surface area (Å²) < 4.78 is 50.8. The number of morpholine rings is 1. The van der Waals surface area contributed by atoms with Gasteiger partial charge in [-0.05, 0) is 24.3 Å². The summed E-state index contributed by atoms with van der Waals surface area (Å²) in [6, 6.07) is 7.45. The van der Waals surface area contributed by atoms with Crippen molar-refractivity contribution in [3.63, 3.8) is 0 Å². The second-order valence-electron chi connectivity index (χ2n) is 6.83. The minimum absolute atomic E-state index is 0.166. The van der Waals surface area contributed by atoms with Gasteiger partial charge >= 0.3 is 12.1 Å². The molecule has 0 radical (unpaired) electrons. The number of ether oxygens (including phenoxy) is 2. The second kappa shape index (κ2) is 7.94. The van der Waals surface area contributed by atoms with Crippen LogP contribution in [0.15, 0.2) is 36.5 Å². The third kappa shape index (κ3) is 3.95. The second-order valence-corrected chi connectivity index (χ2v) is 6.83. The minimum atomic E-state index is -4.46. The highest BCUT2D eigenvalue weighted by atomic mass is 19.4. The zero-order valence-corrected chi connectivity index (χ0v) is 16.1. The summed E-state index contributed by atoms with van der Waals surface area (Å²) in [5, 5.41) is 4.45. The average Bonchev–Trinajstić information content (AvgIpc) is 3.11. The highest BCUT2D eigenvalue weighted by Gasteiger charge is 2.32. The van der Waals surface area contributed by atoms with E-state index in [9.17, 15) is 18.0 Å². The third-order valence-electron chi connectivity index (χ3n) is 4.91. The zero-order chi connectivity index (χ0) is 21.3. The molecule has 1 saturated heterocycles. The van der Waals surface area contributed by atoms with Crippen molar-refractivity contribution in [3.05, 3.63) is 59.0 Å². The molecular weight excluding hydrogens is 401 g/mol. The number of halogens is 3. The number of esters is 1. The normalized spacial score (nSPS) is 14.9. The lowest BCUT2D eigenvalue weighted by atomic mass is 10.1. The number of carbonyl (C=O) groups is 1. The van der Waals surface area contributed by atoms with Crippen molar-refractivity contribution in [2.75, 3.05) is 38.3 Å². The molecule has 3 aromatic rings. The predicted octanol–water partition coefficient (Wildman–Crippen LogP) is 2.96. The van der Waals surface area contributed by atoms with E-state index in [1.807, 2.05) is 4.90 Å². The lowest BCUT2D eigenvalue weighted by Crippen LogP contribution is -2.37. The molecule has 3 aromatic heterocycles. The van der Waals surface area contributed by atoms with Crippen LogP contribution in [0.25, 0.3) is 5.52 Å². The Balaban J connectivity index is 1.79. The molecule has 0 N–H and O–H groups in total. The van der Waals surface area contributed by atoms with Crippen LogP contribution in [-0.2, 0) is 22.1 Å². The summed E-state index contributed by atoms with van der Waals surface area (Å²) in [5.74, 6) is 0.0304. The quantitative estimate of drug-likeness (QED) is 0.605. The molecule has 4 heterocycles. The number of anilines is 1. The van der Waals surface area contributed by atoms with E-state index in [4.69, 9.17) is 9.47 Å². The van der Waals surface area contributed by atoms with Crippen molar-refractivity contribution in [2.45, 2.75) is 12.6 Å². The number of nitrogens with zero attached hydrogens (tertiary/aromatic N) is 4. The summed E-state index contributed by atoms with van der Waals surface area (Å²) in [5.41, 5.74) is 1.26. The zero-order valence-electron chi connectivity index (χ0n) is 16.1. The SMILES string of the molecule is COC(=O)c1cccc(Cc2c(N3CCOCC3)nn3cc(C(F)(F)F)ccc23)n1. The Labute approximate surface area is 170 Å². The Kier molecular flexibility index (Phi) is 5.33. The van der Waals surface area contributed by atoms with E-state index in [1.54, 1.807) is 18.2 Å². The maximum Gasteiger partial charge on any atom is 0.417 e. The highest BCUT2D eigenvalue weighted by Crippen LogP contribution is 2.32. The lowest BCUT2D eigenvalue weighted by Gasteiger charge is -2.27. The molecule has 1 aliphatic rings. The van der Waals surface area contributed by atoms with Crippen LogP contribution in [-0.4, -0.2) is 54.0 Å². The van der Waals surface area contributed by atoms with Gasteiger partial charge in [0.1, 0.15) is 5.69 Å². The van der Waals surface area contributed by atoms with Crippen LogP contribution in [0.3, 0.4) is 0 Å². The Hall–Kier alpha value is -3.14. The van der Waals surface area contributed by atoms with Gasteiger partial charge in [0.25, 0.3) is 0 Å². The molecule has 4 rings (SSSR count).